The zero-order chi connectivity index (χ0) is 13.8. The molecule has 1 aromatic carbocycles. The number of aryl methyl sites for hydroxylation is 1. The van der Waals surface area contributed by atoms with Crippen LogP contribution in [0.4, 0.5) is 10.1 Å². The summed E-state index contributed by atoms with van der Waals surface area (Å²) in [5.74, 6) is -0.355. The zero-order valence-corrected chi connectivity index (χ0v) is 11.4. The molecule has 0 saturated carbocycles. The van der Waals surface area contributed by atoms with Gasteiger partial charge in [0, 0.05) is 31.8 Å². The van der Waals surface area contributed by atoms with Crippen LogP contribution in [0.25, 0.3) is 0 Å². The number of benzene rings is 1. The van der Waals surface area contributed by atoms with Crippen molar-refractivity contribution in [2.24, 2.45) is 12.8 Å². The molecule has 4 nitrogen and oxygen atoms in total. The van der Waals surface area contributed by atoms with Crippen LogP contribution in [0.2, 0.25) is 0 Å². The number of hydrogen-bond acceptors (Lipinski definition) is 3. The number of aromatic nitrogens is 2. The lowest BCUT2D eigenvalue weighted by molar-refractivity contribution is 0.629. The maximum Gasteiger partial charge on any atom is 0.146 e. The summed E-state index contributed by atoms with van der Waals surface area (Å²) in [6.45, 7) is 0.611. The number of halogens is 1. The van der Waals surface area contributed by atoms with Crippen molar-refractivity contribution in [2.45, 2.75) is 6.42 Å². The molecular weight excluding hydrogens is 263 g/mol. The number of anilines is 1. The Morgan fingerprint density at radius 1 is 1.47 bits per heavy atom. The standard InChI is InChI=1S/C13H15FN4S/c1-18-7-5-10(17-18)4-6-16-12-3-2-9(13(15)19)8-11(12)14/h2-3,5,7-8,16H,4,6H2,1H3,(H2,15,19). The van der Waals surface area contributed by atoms with E-state index in [1.165, 1.54) is 6.07 Å². The van der Waals surface area contributed by atoms with Gasteiger partial charge in [-0.15, -0.1) is 0 Å². The highest BCUT2D eigenvalue weighted by atomic mass is 32.1. The van der Waals surface area contributed by atoms with Crippen LogP contribution in [0.3, 0.4) is 0 Å². The Bertz CT molecular complexity index is 594. The van der Waals surface area contributed by atoms with Crippen LogP contribution in [-0.2, 0) is 13.5 Å². The fourth-order valence-electron chi connectivity index (χ4n) is 1.73. The number of nitrogens with one attached hydrogen (secondary N) is 1. The Kier molecular flexibility index (Phi) is 4.11. The van der Waals surface area contributed by atoms with Crippen molar-refractivity contribution in [3.63, 3.8) is 0 Å². The Morgan fingerprint density at radius 3 is 2.84 bits per heavy atom. The number of nitrogens with zero attached hydrogens (tertiary/aromatic N) is 2. The van der Waals surface area contributed by atoms with Gasteiger partial charge in [0.05, 0.1) is 11.4 Å². The van der Waals surface area contributed by atoms with Gasteiger partial charge >= 0.3 is 0 Å². The van der Waals surface area contributed by atoms with Gasteiger partial charge in [0.15, 0.2) is 0 Å². The molecule has 0 aliphatic carbocycles. The first-order chi connectivity index (χ1) is 9.06. The highest BCUT2D eigenvalue weighted by Gasteiger charge is 2.05. The maximum atomic E-state index is 13.7. The van der Waals surface area contributed by atoms with Gasteiger partial charge in [-0.1, -0.05) is 12.2 Å². The maximum absolute atomic E-state index is 13.7. The van der Waals surface area contributed by atoms with Gasteiger partial charge in [-0.3, -0.25) is 4.68 Å². The van der Waals surface area contributed by atoms with Crippen molar-refractivity contribution in [2.75, 3.05) is 11.9 Å². The second-order valence-electron chi connectivity index (χ2n) is 4.22. The van der Waals surface area contributed by atoms with E-state index in [-0.39, 0.29) is 10.8 Å². The molecule has 3 N–H and O–H groups in total. The van der Waals surface area contributed by atoms with Crippen molar-refractivity contribution in [3.05, 3.63) is 47.5 Å². The molecule has 1 heterocycles. The second-order valence-corrected chi connectivity index (χ2v) is 4.66. The van der Waals surface area contributed by atoms with Gasteiger partial charge in [-0.25, -0.2) is 4.39 Å². The Morgan fingerprint density at radius 2 is 2.26 bits per heavy atom. The van der Waals surface area contributed by atoms with Gasteiger partial charge in [0.2, 0.25) is 0 Å². The molecule has 0 atom stereocenters. The van der Waals surface area contributed by atoms with Gasteiger partial charge < -0.3 is 11.1 Å². The van der Waals surface area contributed by atoms with Gasteiger partial charge in [0.1, 0.15) is 10.8 Å². The fraction of sp³-hybridized carbons (Fsp3) is 0.231. The minimum absolute atomic E-state index is 0.193. The number of hydrogen-bond donors (Lipinski definition) is 2. The number of nitrogens with two attached hydrogens (primary N) is 1. The Labute approximate surface area is 116 Å². The molecule has 0 unspecified atom stereocenters. The highest BCUT2D eigenvalue weighted by molar-refractivity contribution is 7.80. The first kappa shape index (κ1) is 13.5. The molecule has 0 aliphatic rings. The summed E-state index contributed by atoms with van der Waals surface area (Å²) in [6, 6.07) is 6.62. The summed E-state index contributed by atoms with van der Waals surface area (Å²) < 4.78 is 15.5. The molecule has 0 bridgehead atoms. The largest absolute Gasteiger partial charge is 0.389 e. The molecule has 1 aromatic heterocycles. The summed E-state index contributed by atoms with van der Waals surface area (Å²) in [5.41, 5.74) is 7.38. The zero-order valence-electron chi connectivity index (χ0n) is 10.6. The van der Waals surface area contributed by atoms with E-state index < -0.39 is 0 Å². The molecule has 0 radical (unpaired) electrons. The molecule has 6 heteroatoms. The summed E-state index contributed by atoms with van der Waals surface area (Å²) >= 11 is 4.80. The minimum Gasteiger partial charge on any atom is -0.389 e. The smallest absolute Gasteiger partial charge is 0.146 e. The molecule has 2 aromatic rings. The average Bonchev–Trinajstić information content (AvgIpc) is 2.77. The normalized spacial score (nSPS) is 10.4. The van der Waals surface area contributed by atoms with Gasteiger partial charge in [-0.2, -0.15) is 5.10 Å². The van der Waals surface area contributed by atoms with Gasteiger partial charge in [-0.05, 0) is 24.3 Å². The summed E-state index contributed by atoms with van der Waals surface area (Å²) in [5, 5.41) is 7.28. The van der Waals surface area contributed by atoms with Crippen LogP contribution in [0.1, 0.15) is 11.3 Å². The quantitative estimate of drug-likeness (QED) is 0.820. The van der Waals surface area contributed by atoms with Crippen LogP contribution in [0.15, 0.2) is 30.5 Å². The lowest BCUT2D eigenvalue weighted by Gasteiger charge is -2.08. The van der Waals surface area contributed by atoms with E-state index in [4.69, 9.17) is 18.0 Å². The van der Waals surface area contributed by atoms with Crippen molar-refractivity contribution in [3.8, 4) is 0 Å². The van der Waals surface area contributed by atoms with Crippen molar-refractivity contribution >= 4 is 22.9 Å². The van der Waals surface area contributed by atoms with Crippen LogP contribution >= 0.6 is 12.2 Å². The predicted octanol–water partition coefficient (Wildman–Crippen LogP) is 1.85. The topological polar surface area (TPSA) is 55.9 Å². The van der Waals surface area contributed by atoms with Crippen LogP contribution < -0.4 is 11.1 Å². The SMILES string of the molecule is Cn1ccc(CCNc2ccc(C(N)=S)cc2F)n1. The first-order valence-corrected chi connectivity index (χ1v) is 6.29. The molecule has 0 saturated heterocycles. The molecule has 0 amide bonds. The molecule has 0 fully saturated rings. The monoisotopic (exact) mass is 278 g/mol. The molecular formula is C13H15FN4S. The summed E-state index contributed by atoms with van der Waals surface area (Å²) in [7, 11) is 1.87. The summed E-state index contributed by atoms with van der Waals surface area (Å²) in [4.78, 5) is 0.193. The lowest BCUT2D eigenvalue weighted by atomic mass is 10.2. The third kappa shape index (κ3) is 3.51. The van der Waals surface area contributed by atoms with Gasteiger partial charge in [0.25, 0.3) is 0 Å². The second kappa shape index (κ2) is 5.79. The number of thiocarbonyl (C=S) groups is 1. The van der Waals surface area contributed by atoms with Crippen LogP contribution in [0.5, 0.6) is 0 Å². The minimum atomic E-state index is -0.355. The Balaban J connectivity index is 1.94. The van der Waals surface area contributed by atoms with E-state index in [1.54, 1.807) is 16.8 Å². The van der Waals surface area contributed by atoms with Crippen molar-refractivity contribution < 1.29 is 4.39 Å². The van der Waals surface area contributed by atoms with Crippen molar-refractivity contribution in [1.82, 2.24) is 9.78 Å². The molecule has 0 aliphatic heterocycles. The summed E-state index contributed by atoms with van der Waals surface area (Å²) in [6.07, 6.45) is 2.62. The molecule has 0 spiro atoms. The molecule has 19 heavy (non-hydrogen) atoms. The average molecular weight is 278 g/mol. The predicted molar refractivity (Wildman–Crippen MR) is 77.7 cm³/mol. The van der Waals surface area contributed by atoms with E-state index in [0.29, 0.717) is 17.8 Å². The van der Waals surface area contributed by atoms with E-state index in [2.05, 4.69) is 10.4 Å². The fourth-order valence-corrected chi connectivity index (χ4v) is 1.86. The van der Waals surface area contributed by atoms with Crippen LogP contribution in [0, 0.1) is 5.82 Å². The first-order valence-electron chi connectivity index (χ1n) is 5.88. The molecule has 100 valence electrons. The van der Waals surface area contributed by atoms with E-state index in [0.717, 1.165) is 12.1 Å². The van der Waals surface area contributed by atoms with Crippen LogP contribution in [-0.4, -0.2) is 21.3 Å². The highest BCUT2D eigenvalue weighted by Crippen LogP contribution is 2.15. The third-order valence-corrected chi connectivity index (χ3v) is 2.95. The van der Waals surface area contributed by atoms with E-state index >= 15 is 0 Å². The number of rotatable bonds is 5. The Hall–Kier alpha value is -1.95. The van der Waals surface area contributed by atoms with E-state index in [1.807, 2.05) is 19.3 Å². The van der Waals surface area contributed by atoms with E-state index in [9.17, 15) is 4.39 Å². The molecule has 2 rings (SSSR count). The van der Waals surface area contributed by atoms with Crippen molar-refractivity contribution in [1.29, 1.82) is 0 Å². The third-order valence-electron chi connectivity index (χ3n) is 2.72. The lowest BCUT2D eigenvalue weighted by Crippen LogP contribution is -2.11.